The van der Waals surface area contributed by atoms with Crippen molar-refractivity contribution in [3.05, 3.63) is 43.8 Å². The first kappa shape index (κ1) is 13.2. The van der Waals surface area contributed by atoms with Gasteiger partial charge in [0.1, 0.15) is 5.01 Å². The summed E-state index contributed by atoms with van der Waals surface area (Å²) in [5.74, 6) is -0.0451. The fraction of sp³-hybridized carbons (Fsp3) is 0.250. The van der Waals surface area contributed by atoms with Gasteiger partial charge in [-0.05, 0) is 50.0 Å². The van der Waals surface area contributed by atoms with Crippen molar-refractivity contribution in [2.75, 3.05) is 5.32 Å². The molecule has 0 spiro atoms. The smallest absolute Gasteiger partial charge is 0.256 e. The maximum atomic E-state index is 12.2. The minimum Gasteiger partial charge on any atom is -0.321 e. The Balaban J connectivity index is 1.78. The minimum atomic E-state index is -0.0451. The SMILES string of the molecule is O=C1Nc2ccc(Br)cc2C1=Cc1nc2c(s1)CCCC2. The van der Waals surface area contributed by atoms with Gasteiger partial charge in [0.05, 0.1) is 11.3 Å². The normalized spacial score (nSPS) is 18.5. The Bertz CT molecular complexity index is 755. The van der Waals surface area contributed by atoms with Crippen molar-refractivity contribution in [1.29, 1.82) is 0 Å². The molecule has 4 rings (SSSR count). The van der Waals surface area contributed by atoms with Gasteiger partial charge in [0.2, 0.25) is 0 Å². The molecule has 0 fully saturated rings. The second kappa shape index (κ2) is 5.07. The molecule has 1 aromatic carbocycles. The van der Waals surface area contributed by atoms with Crippen molar-refractivity contribution in [3.8, 4) is 0 Å². The molecule has 21 heavy (non-hydrogen) atoms. The van der Waals surface area contributed by atoms with Crippen LogP contribution in [-0.2, 0) is 17.6 Å². The molecule has 1 aliphatic carbocycles. The highest BCUT2D eigenvalue weighted by molar-refractivity contribution is 9.10. The lowest BCUT2D eigenvalue weighted by atomic mass is 10.0. The van der Waals surface area contributed by atoms with E-state index in [1.54, 1.807) is 11.3 Å². The van der Waals surface area contributed by atoms with E-state index in [9.17, 15) is 4.79 Å². The third-order valence-corrected chi connectivity index (χ3v) is 5.49. The second-order valence-electron chi connectivity index (χ2n) is 5.33. The van der Waals surface area contributed by atoms with Crippen molar-refractivity contribution < 1.29 is 4.79 Å². The zero-order valence-corrected chi connectivity index (χ0v) is 13.7. The van der Waals surface area contributed by atoms with E-state index in [0.717, 1.165) is 33.6 Å². The molecule has 5 heteroatoms. The minimum absolute atomic E-state index is 0.0451. The molecule has 1 aliphatic heterocycles. The molecular weight excluding hydrogens is 348 g/mol. The monoisotopic (exact) mass is 360 g/mol. The molecule has 106 valence electrons. The number of nitrogens with one attached hydrogen (secondary N) is 1. The molecule has 0 atom stereocenters. The Morgan fingerprint density at radius 2 is 2.14 bits per heavy atom. The van der Waals surface area contributed by atoms with Crippen LogP contribution in [0.15, 0.2) is 22.7 Å². The summed E-state index contributed by atoms with van der Waals surface area (Å²) in [6, 6.07) is 5.84. The average molecular weight is 361 g/mol. The topological polar surface area (TPSA) is 42.0 Å². The maximum Gasteiger partial charge on any atom is 0.256 e. The number of amides is 1. The van der Waals surface area contributed by atoms with Gasteiger partial charge >= 0.3 is 0 Å². The molecule has 0 bridgehead atoms. The van der Waals surface area contributed by atoms with E-state index in [1.807, 2.05) is 24.3 Å². The predicted molar refractivity (Wildman–Crippen MR) is 89.4 cm³/mol. The third kappa shape index (κ3) is 2.34. The highest BCUT2D eigenvalue weighted by Crippen LogP contribution is 2.36. The third-order valence-electron chi connectivity index (χ3n) is 3.89. The van der Waals surface area contributed by atoms with Crippen molar-refractivity contribution in [2.45, 2.75) is 25.7 Å². The highest BCUT2D eigenvalue weighted by atomic mass is 79.9. The van der Waals surface area contributed by atoms with Gasteiger partial charge in [-0.1, -0.05) is 15.9 Å². The predicted octanol–water partition coefficient (Wildman–Crippen LogP) is 4.28. The van der Waals surface area contributed by atoms with Crippen molar-refractivity contribution in [1.82, 2.24) is 4.98 Å². The Labute approximate surface area is 135 Å². The number of halogens is 1. The number of thiazole rings is 1. The maximum absolute atomic E-state index is 12.2. The number of hydrogen-bond donors (Lipinski definition) is 1. The van der Waals surface area contributed by atoms with Crippen LogP contribution in [-0.4, -0.2) is 10.9 Å². The van der Waals surface area contributed by atoms with Gasteiger partial charge < -0.3 is 5.32 Å². The van der Waals surface area contributed by atoms with E-state index < -0.39 is 0 Å². The second-order valence-corrected chi connectivity index (χ2v) is 7.36. The lowest BCUT2D eigenvalue weighted by Gasteiger charge is -2.06. The first-order valence-electron chi connectivity index (χ1n) is 7.02. The van der Waals surface area contributed by atoms with Crippen LogP contribution >= 0.6 is 27.3 Å². The van der Waals surface area contributed by atoms with Crippen LogP contribution in [0.1, 0.15) is 34.0 Å². The molecule has 0 saturated carbocycles. The summed E-state index contributed by atoms with van der Waals surface area (Å²) in [5, 5.41) is 3.85. The summed E-state index contributed by atoms with van der Waals surface area (Å²) < 4.78 is 0.974. The first-order chi connectivity index (χ1) is 10.2. The average Bonchev–Trinajstić information content (AvgIpc) is 3.01. The van der Waals surface area contributed by atoms with Gasteiger partial charge in [-0.2, -0.15) is 0 Å². The number of aryl methyl sites for hydroxylation is 2. The summed E-state index contributed by atoms with van der Waals surface area (Å²) >= 11 is 5.19. The fourth-order valence-electron chi connectivity index (χ4n) is 2.86. The fourth-order valence-corrected chi connectivity index (χ4v) is 4.32. The zero-order valence-electron chi connectivity index (χ0n) is 11.3. The Morgan fingerprint density at radius 3 is 3.00 bits per heavy atom. The largest absolute Gasteiger partial charge is 0.321 e. The number of aromatic nitrogens is 1. The summed E-state index contributed by atoms with van der Waals surface area (Å²) in [7, 11) is 0. The van der Waals surface area contributed by atoms with Gasteiger partial charge in [0, 0.05) is 20.6 Å². The van der Waals surface area contributed by atoms with Gasteiger partial charge in [0.15, 0.2) is 0 Å². The van der Waals surface area contributed by atoms with E-state index in [4.69, 9.17) is 4.98 Å². The van der Waals surface area contributed by atoms with Gasteiger partial charge in [0.25, 0.3) is 5.91 Å². The molecule has 2 aromatic rings. The number of nitrogens with zero attached hydrogens (tertiary/aromatic N) is 1. The number of carbonyl (C=O) groups excluding carboxylic acids is 1. The number of benzene rings is 1. The van der Waals surface area contributed by atoms with Crippen LogP contribution in [0, 0.1) is 0 Å². The van der Waals surface area contributed by atoms with Crippen molar-refractivity contribution in [2.24, 2.45) is 0 Å². The lowest BCUT2D eigenvalue weighted by Crippen LogP contribution is -2.03. The molecule has 1 N–H and O–H groups in total. The Morgan fingerprint density at radius 1 is 1.29 bits per heavy atom. The molecule has 0 unspecified atom stereocenters. The number of anilines is 1. The summed E-state index contributed by atoms with van der Waals surface area (Å²) in [5.41, 5.74) is 3.75. The molecule has 1 aromatic heterocycles. The van der Waals surface area contributed by atoms with E-state index >= 15 is 0 Å². The zero-order chi connectivity index (χ0) is 14.4. The molecule has 0 saturated heterocycles. The quantitative estimate of drug-likeness (QED) is 0.771. The standard InChI is InChI=1S/C16H13BrN2OS/c17-9-5-6-12-10(7-9)11(16(20)19-12)8-15-18-13-3-1-2-4-14(13)21-15/h5-8H,1-4H2,(H,19,20). The number of carbonyl (C=O) groups is 1. The number of rotatable bonds is 1. The number of fused-ring (bicyclic) bond motifs is 2. The molecule has 3 nitrogen and oxygen atoms in total. The molecule has 1 amide bonds. The van der Waals surface area contributed by atoms with Gasteiger partial charge in [-0.15, -0.1) is 11.3 Å². The number of hydrogen-bond acceptors (Lipinski definition) is 3. The van der Waals surface area contributed by atoms with Crippen LogP contribution in [0.25, 0.3) is 11.6 Å². The molecule has 2 heterocycles. The Hall–Kier alpha value is -1.46. The van der Waals surface area contributed by atoms with E-state index in [1.165, 1.54) is 23.4 Å². The molecule has 2 aliphatic rings. The van der Waals surface area contributed by atoms with Crippen molar-refractivity contribution >= 4 is 50.5 Å². The summed E-state index contributed by atoms with van der Waals surface area (Å²) in [6.07, 6.45) is 6.61. The van der Waals surface area contributed by atoms with Crippen LogP contribution in [0.2, 0.25) is 0 Å². The highest BCUT2D eigenvalue weighted by Gasteiger charge is 2.25. The lowest BCUT2D eigenvalue weighted by molar-refractivity contribution is -0.110. The molecule has 0 radical (unpaired) electrons. The van der Waals surface area contributed by atoms with Crippen molar-refractivity contribution in [3.63, 3.8) is 0 Å². The summed E-state index contributed by atoms with van der Waals surface area (Å²) in [4.78, 5) is 18.3. The summed E-state index contributed by atoms with van der Waals surface area (Å²) in [6.45, 7) is 0. The first-order valence-corrected chi connectivity index (χ1v) is 8.63. The van der Waals surface area contributed by atoms with Gasteiger partial charge in [-0.25, -0.2) is 4.98 Å². The Kier molecular flexibility index (Phi) is 3.19. The van der Waals surface area contributed by atoms with Gasteiger partial charge in [-0.3, -0.25) is 4.79 Å². The van der Waals surface area contributed by atoms with Crippen LogP contribution < -0.4 is 5.32 Å². The van der Waals surface area contributed by atoms with E-state index in [-0.39, 0.29) is 5.91 Å². The van der Waals surface area contributed by atoms with E-state index in [2.05, 4.69) is 21.2 Å². The van der Waals surface area contributed by atoms with E-state index in [0.29, 0.717) is 5.57 Å². The van der Waals surface area contributed by atoms with Crippen LogP contribution in [0.5, 0.6) is 0 Å². The molecular formula is C16H13BrN2OS. The van der Waals surface area contributed by atoms with Crippen LogP contribution in [0.4, 0.5) is 5.69 Å². The van der Waals surface area contributed by atoms with Crippen LogP contribution in [0.3, 0.4) is 0 Å².